The molecule has 0 spiro atoms. The normalized spacial score (nSPS) is 12.5. The highest BCUT2D eigenvalue weighted by Gasteiger charge is 2.22. The van der Waals surface area contributed by atoms with Crippen LogP contribution >= 0.6 is 11.6 Å². The zero-order valence-electron chi connectivity index (χ0n) is 12.4. The summed E-state index contributed by atoms with van der Waals surface area (Å²) in [4.78, 5) is 17.5. The molecule has 0 aliphatic rings. The number of nitro groups is 1. The second-order valence-corrected chi connectivity index (χ2v) is 5.64. The summed E-state index contributed by atoms with van der Waals surface area (Å²) in [7, 11) is 0. The highest BCUT2D eigenvalue weighted by Crippen LogP contribution is 2.31. The van der Waals surface area contributed by atoms with Crippen molar-refractivity contribution < 1.29 is 9.99 Å². The molecule has 2 heterocycles. The van der Waals surface area contributed by atoms with Crippen molar-refractivity contribution in [3.05, 3.63) is 62.2 Å². The van der Waals surface area contributed by atoms with Gasteiger partial charge in [-0.05, 0) is 19.4 Å². The highest BCUT2D eigenvalue weighted by molar-refractivity contribution is 6.35. The number of nitrogens with one attached hydrogen (secondary N) is 2. The van der Waals surface area contributed by atoms with Crippen LogP contribution in [0.3, 0.4) is 0 Å². The average molecular weight is 333 g/mol. The molecular formula is C15H13ClN4O3. The first kappa shape index (κ1) is 15.4. The van der Waals surface area contributed by atoms with E-state index >= 15 is 0 Å². The summed E-state index contributed by atoms with van der Waals surface area (Å²) in [6, 6.07) is 4.41. The van der Waals surface area contributed by atoms with Gasteiger partial charge in [0.15, 0.2) is 0 Å². The van der Waals surface area contributed by atoms with Crippen LogP contribution in [0.2, 0.25) is 5.02 Å². The Balaban J connectivity index is 2.17. The molecule has 0 fully saturated rings. The molecule has 1 aromatic carbocycles. The van der Waals surface area contributed by atoms with Crippen LogP contribution in [-0.2, 0) is 0 Å². The summed E-state index contributed by atoms with van der Waals surface area (Å²) in [6.45, 7) is 3.84. The second-order valence-electron chi connectivity index (χ2n) is 5.23. The number of rotatable bonds is 3. The molecular weight excluding hydrogens is 320 g/mol. The second kappa shape index (κ2) is 5.62. The first-order chi connectivity index (χ1) is 10.9. The fraction of sp³-hybridized carbons (Fsp3) is 0.133. The van der Waals surface area contributed by atoms with Crippen molar-refractivity contribution in [3.63, 3.8) is 0 Å². The number of aromatic amines is 1. The van der Waals surface area contributed by atoms with Crippen LogP contribution in [-0.4, -0.2) is 14.9 Å². The minimum absolute atomic E-state index is 0.0576. The van der Waals surface area contributed by atoms with E-state index in [0.717, 1.165) is 22.2 Å². The van der Waals surface area contributed by atoms with E-state index in [-0.39, 0.29) is 11.4 Å². The monoisotopic (exact) mass is 332 g/mol. The van der Waals surface area contributed by atoms with E-state index in [4.69, 9.17) is 11.6 Å². The van der Waals surface area contributed by atoms with Crippen molar-refractivity contribution in [2.45, 2.75) is 13.8 Å². The molecule has 7 nitrogen and oxygen atoms in total. The Morgan fingerprint density at radius 2 is 2.09 bits per heavy atom. The van der Waals surface area contributed by atoms with Crippen molar-refractivity contribution in [2.24, 2.45) is 0 Å². The van der Waals surface area contributed by atoms with E-state index in [1.54, 1.807) is 6.07 Å². The Morgan fingerprint density at radius 3 is 2.78 bits per heavy atom. The van der Waals surface area contributed by atoms with Gasteiger partial charge >= 0.3 is 5.69 Å². The van der Waals surface area contributed by atoms with Crippen LogP contribution < -0.4 is 5.06 Å². The van der Waals surface area contributed by atoms with Crippen molar-refractivity contribution in [3.8, 4) is 0 Å². The lowest BCUT2D eigenvalue weighted by molar-refractivity contribution is -0.701. The molecule has 0 bridgehead atoms. The Hall–Kier alpha value is -2.48. The maximum absolute atomic E-state index is 12.7. The molecule has 3 rings (SSSR count). The third-order valence-electron chi connectivity index (χ3n) is 3.87. The smallest absolute Gasteiger partial charge is 0.333 e. The molecule has 0 saturated carbocycles. The van der Waals surface area contributed by atoms with Gasteiger partial charge in [0.2, 0.25) is 5.69 Å². The number of benzene rings is 1. The van der Waals surface area contributed by atoms with Crippen molar-refractivity contribution in [2.75, 3.05) is 0 Å². The van der Waals surface area contributed by atoms with Gasteiger partial charge in [0.05, 0.1) is 21.7 Å². The standard InChI is InChI=1S/C15H13ClN4O3/c1-8-9(2)18-15-11(8)5-10(6-12(15)16)19(21)14-7-17-4-3-13(14)20(22)23/h3-7,18-19H,1-2H3. The van der Waals surface area contributed by atoms with Crippen molar-refractivity contribution in [1.29, 1.82) is 0 Å². The van der Waals surface area contributed by atoms with Gasteiger partial charge in [-0.15, -0.1) is 0 Å². The van der Waals surface area contributed by atoms with E-state index in [1.807, 2.05) is 13.8 Å². The lowest BCUT2D eigenvalue weighted by Crippen LogP contribution is -2.96. The summed E-state index contributed by atoms with van der Waals surface area (Å²) in [5.41, 5.74) is 2.65. The number of halogens is 1. The van der Waals surface area contributed by atoms with E-state index in [2.05, 4.69) is 9.97 Å². The number of fused-ring (bicyclic) bond motifs is 1. The molecule has 3 aromatic rings. The predicted molar refractivity (Wildman–Crippen MR) is 87.3 cm³/mol. The Morgan fingerprint density at radius 1 is 1.35 bits per heavy atom. The number of H-pyrrole nitrogens is 1. The van der Waals surface area contributed by atoms with E-state index in [9.17, 15) is 15.3 Å². The molecule has 0 saturated heterocycles. The first-order valence-electron chi connectivity index (χ1n) is 6.81. The van der Waals surface area contributed by atoms with Gasteiger partial charge in [0.25, 0.3) is 0 Å². The van der Waals surface area contributed by atoms with Crippen LogP contribution in [0.25, 0.3) is 10.9 Å². The molecule has 0 radical (unpaired) electrons. The third-order valence-corrected chi connectivity index (χ3v) is 4.17. The number of aryl methyl sites for hydroxylation is 2. The minimum Gasteiger partial charge on any atom is -0.623 e. The summed E-state index contributed by atoms with van der Waals surface area (Å²) in [5, 5.41) is 24.5. The van der Waals surface area contributed by atoms with Crippen molar-refractivity contribution in [1.82, 2.24) is 9.97 Å². The molecule has 118 valence electrons. The van der Waals surface area contributed by atoms with Gasteiger partial charge in [-0.25, -0.2) is 0 Å². The number of pyridine rings is 1. The molecule has 1 unspecified atom stereocenters. The largest absolute Gasteiger partial charge is 0.623 e. The molecule has 1 atom stereocenters. The summed E-state index contributed by atoms with van der Waals surface area (Å²) in [6.07, 6.45) is 2.48. The number of nitrogens with zero attached hydrogens (tertiary/aromatic N) is 2. The number of hydrogen-bond acceptors (Lipinski definition) is 4. The average Bonchev–Trinajstić information content (AvgIpc) is 2.82. The Bertz CT molecular complexity index is 922. The number of aromatic nitrogens is 2. The predicted octanol–water partition coefficient (Wildman–Crippen LogP) is 3.09. The van der Waals surface area contributed by atoms with Crippen molar-refractivity contribution >= 4 is 39.6 Å². The number of hydrogen-bond donors (Lipinski definition) is 2. The Kier molecular flexibility index (Phi) is 3.77. The van der Waals surface area contributed by atoms with Crippen LogP contribution in [0.1, 0.15) is 11.3 Å². The molecule has 0 amide bonds. The molecule has 0 aliphatic carbocycles. The highest BCUT2D eigenvalue weighted by atomic mass is 35.5. The fourth-order valence-corrected chi connectivity index (χ4v) is 2.79. The summed E-state index contributed by atoms with van der Waals surface area (Å²) < 4.78 is 0. The molecule has 23 heavy (non-hydrogen) atoms. The van der Waals surface area contributed by atoms with E-state index < -0.39 is 9.99 Å². The quantitative estimate of drug-likeness (QED) is 0.568. The number of quaternary nitrogens is 1. The fourth-order valence-electron chi connectivity index (χ4n) is 2.52. The SMILES string of the molecule is Cc1[nH]c2c(Cl)cc([NH+]([O-])c3cnccc3[N+](=O)[O-])cc2c1C. The minimum atomic E-state index is -0.596. The Labute approximate surface area is 136 Å². The van der Waals surface area contributed by atoms with Crippen LogP contribution in [0.15, 0.2) is 30.6 Å². The van der Waals surface area contributed by atoms with Gasteiger partial charge < -0.3 is 15.3 Å². The van der Waals surface area contributed by atoms with Gasteiger partial charge in [-0.2, -0.15) is 0 Å². The third kappa shape index (κ3) is 2.55. The van der Waals surface area contributed by atoms with Gasteiger partial charge in [0.1, 0.15) is 5.69 Å². The molecule has 0 aliphatic heterocycles. The molecule has 2 aromatic heterocycles. The maximum Gasteiger partial charge on any atom is 0.333 e. The van der Waals surface area contributed by atoms with E-state index in [1.165, 1.54) is 24.5 Å². The van der Waals surface area contributed by atoms with Crippen LogP contribution in [0, 0.1) is 29.2 Å². The molecule has 2 N–H and O–H groups in total. The zero-order chi connectivity index (χ0) is 16.7. The van der Waals surface area contributed by atoms with Crippen LogP contribution in [0.4, 0.5) is 17.1 Å². The van der Waals surface area contributed by atoms with E-state index in [0.29, 0.717) is 10.7 Å². The lowest BCUT2D eigenvalue weighted by Gasteiger charge is -2.21. The topological polar surface area (TPSA) is 99.3 Å². The zero-order valence-corrected chi connectivity index (χ0v) is 13.1. The summed E-state index contributed by atoms with van der Waals surface area (Å²) >= 11 is 6.25. The molecule has 8 heteroatoms. The van der Waals surface area contributed by atoms with Gasteiger partial charge in [0, 0.05) is 35.5 Å². The maximum atomic E-state index is 12.7. The van der Waals surface area contributed by atoms with Crippen LogP contribution in [0.5, 0.6) is 0 Å². The van der Waals surface area contributed by atoms with Gasteiger partial charge in [-0.1, -0.05) is 11.6 Å². The first-order valence-corrected chi connectivity index (χ1v) is 7.19. The summed E-state index contributed by atoms with van der Waals surface area (Å²) in [5.74, 6) is 0. The van der Waals surface area contributed by atoms with Gasteiger partial charge in [-0.3, -0.25) is 15.1 Å². The lowest BCUT2D eigenvalue weighted by atomic mass is 10.1.